The minimum absolute atomic E-state index is 0.0735. The first-order chi connectivity index (χ1) is 14.3. The number of halogens is 2. The fourth-order valence-electron chi connectivity index (χ4n) is 3.11. The molecule has 0 spiro atoms. The van der Waals surface area contributed by atoms with E-state index in [2.05, 4.69) is 36.8 Å². The van der Waals surface area contributed by atoms with Crippen molar-refractivity contribution in [2.24, 2.45) is 0 Å². The molecule has 0 bridgehead atoms. The van der Waals surface area contributed by atoms with Gasteiger partial charge in [-0.2, -0.15) is 4.68 Å². The molecule has 0 saturated carbocycles. The smallest absolute Gasteiger partial charge is 0.261 e. The summed E-state index contributed by atoms with van der Waals surface area (Å²) in [5.74, 6) is -1.48. The van der Waals surface area contributed by atoms with Gasteiger partial charge in [0.2, 0.25) is 5.91 Å². The summed E-state index contributed by atoms with van der Waals surface area (Å²) in [6.07, 6.45) is -0.108. The Morgan fingerprint density at radius 3 is 2.63 bits per heavy atom. The van der Waals surface area contributed by atoms with Crippen LogP contribution in [-0.4, -0.2) is 49.4 Å². The molecule has 4 rings (SSSR count). The SMILES string of the molecule is Cc1nnnn1-c1cc(NC(=O)CCN2C(=O)c3ccc(Br)cc3C2=O)ccc1F. The molecule has 11 heteroatoms. The molecule has 0 fully saturated rings. The second-order valence-corrected chi connectivity index (χ2v) is 7.47. The van der Waals surface area contributed by atoms with Crippen LogP contribution >= 0.6 is 15.9 Å². The molecule has 1 N–H and O–H groups in total. The Morgan fingerprint density at radius 2 is 1.90 bits per heavy atom. The zero-order valence-electron chi connectivity index (χ0n) is 15.6. The van der Waals surface area contributed by atoms with Gasteiger partial charge in [-0.3, -0.25) is 19.3 Å². The maximum absolute atomic E-state index is 14.1. The summed E-state index contributed by atoms with van der Waals surface area (Å²) in [5, 5.41) is 13.5. The third kappa shape index (κ3) is 3.59. The highest BCUT2D eigenvalue weighted by molar-refractivity contribution is 9.10. The zero-order valence-corrected chi connectivity index (χ0v) is 17.2. The van der Waals surface area contributed by atoms with Gasteiger partial charge in [-0.05, 0) is 53.7 Å². The van der Waals surface area contributed by atoms with Crippen molar-refractivity contribution in [1.82, 2.24) is 25.1 Å². The van der Waals surface area contributed by atoms with Crippen LogP contribution in [0.1, 0.15) is 33.0 Å². The monoisotopic (exact) mass is 472 g/mol. The molecule has 0 atom stereocenters. The number of tetrazole rings is 1. The van der Waals surface area contributed by atoms with Gasteiger partial charge >= 0.3 is 0 Å². The molecule has 2 heterocycles. The quantitative estimate of drug-likeness (QED) is 0.571. The third-order valence-corrected chi connectivity index (χ3v) is 5.07. The number of carbonyl (C=O) groups excluding carboxylic acids is 3. The van der Waals surface area contributed by atoms with Crippen LogP contribution in [0.4, 0.5) is 10.1 Å². The van der Waals surface area contributed by atoms with Gasteiger partial charge in [0.25, 0.3) is 11.8 Å². The van der Waals surface area contributed by atoms with E-state index in [1.165, 1.54) is 22.9 Å². The predicted molar refractivity (Wildman–Crippen MR) is 107 cm³/mol. The lowest BCUT2D eigenvalue weighted by molar-refractivity contribution is -0.116. The van der Waals surface area contributed by atoms with Gasteiger partial charge in [0, 0.05) is 23.1 Å². The average molecular weight is 473 g/mol. The molecule has 0 radical (unpaired) electrons. The van der Waals surface area contributed by atoms with E-state index < -0.39 is 23.5 Å². The molecule has 0 aliphatic carbocycles. The van der Waals surface area contributed by atoms with E-state index in [1.54, 1.807) is 25.1 Å². The Balaban J connectivity index is 1.43. The summed E-state index contributed by atoms with van der Waals surface area (Å²) in [6, 6.07) is 8.82. The Kier molecular flexibility index (Phi) is 5.12. The number of nitrogens with one attached hydrogen (secondary N) is 1. The van der Waals surface area contributed by atoms with Crippen molar-refractivity contribution in [3.05, 3.63) is 63.6 Å². The molecule has 9 nitrogen and oxygen atoms in total. The van der Waals surface area contributed by atoms with Crippen LogP contribution in [0.5, 0.6) is 0 Å². The van der Waals surface area contributed by atoms with Gasteiger partial charge in [-0.15, -0.1) is 5.10 Å². The molecular formula is C19H14BrFN6O3. The fourth-order valence-corrected chi connectivity index (χ4v) is 3.47. The number of nitrogens with zero attached hydrogens (tertiary/aromatic N) is 5. The van der Waals surface area contributed by atoms with Crippen LogP contribution < -0.4 is 5.32 Å². The molecule has 1 aliphatic rings. The Labute approximate surface area is 178 Å². The number of benzene rings is 2. The van der Waals surface area contributed by atoms with Crippen LogP contribution in [0.15, 0.2) is 40.9 Å². The number of anilines is 1. The molecule has 152 valence electrons. The maximum atomic E-state index is 14.1. The van der Waals surface area contributed by atoms with Gasteiger partial charge in [0.1, 0.15) is 11.5 Å². The number of aromatic nitrogens is 4. The molecule has 0 saturated heterocycles. The fraction of sp³-hybridized carbons (Fsp3) is 0.158. The van der Waals surface area contributed by atoms with Crippen molar-refractivity contribution in [3.8, 4) is 5.69 Å². The normalized spacial score (nSPS) is 13.0. The average Bonchev–Trinajstić information content (AvgIpc) is 3.23. The Morgan fingerprint density at radius 1 is 1.13 bits per heavy atom. The number of aryl methyl sites for hydroxylation is 1. The third-order valence-electron chi connectivity index (χ3n) is 4.58. The number of rotatable bonds is 5. The van der Waals surface area contributed by atoms with Crippen LogP contribution in [0.3, 0.4) is 0 Å². The van der Waals surface area contributed by atoms with Crippen LogP contribution in [0.2, 0.25) is 0 Å². The lowest BCUT2D eigenvalue weighted by Crippen LogP contribution is -2.32. The number of hydrogen-bond donors (Lipinski definition) is 1. The van der Waals surface area contributed by atoms with E-state index in [9.17, 15) is 18.8 Å². The van der Waals surface area contributed by atoms with Crippen LogP contribution in [-0.2, 0) is 4.79 Å². The standard InChI is InChI=1S/C19H14BrFN6O3/c1-10-23-24-25-27(10)16-9-12(3-5-15(16)21)22-17(28)6-7-26-18(29)13-4-2-11(20)8-14(13)19(26)30/h2-5,8-9H,6-7H2,1H3,(H,22,28). The van der Waals surface area contributed by atoms with E-state index in [0.717, 1.165) is 4.90 Å². The highest BCUT2D eigenvalue weighted by atomic mass is 79.9. The molecular weight excluding hydrogens is 459 g/mol. The summed E-state index contributed by atoms with van der Waals surface area (Å²) in [6.45, 7) is 1.54. The number of carbonyl (C=O) groups is 3. The number of amides is 3. The second kappa shape index (κ2) is 7.75. The van der Waals surface area contributed by atoms with E-state index in [4.69, 9.17) is 0 Å². The second-order valence-electron chi connectivity index (χ2n) is 6.55. The molecule has 3 amide bonds. The molecule has 3 aromatic rings. The van der Waals surface area contributed by atoms with E-state index in [0.29, 0.717) is 27.1 Å². The van der Waals surface area contributed by atoms with Crippen molar-refractivity contribution in [3.63, 3.8) is 0 Å². The number of hydrogen-bond acceptors (Lipinski definition) is 6. The largest absolute Gasteiger partial charge is 0.326 e. The van der Waals surface area contributed by atoms with Gasteiger partial charge < -0.3 is 5.32 Å². The minimum Gasteiger partial charge on any atom is -0.326 e. The number of fused-ring (bicyclic) bond motifs is 1. The summed E-state index contributed by atoms with van der Waals surface area (Å²) >= 11 is 3.27. The summed E-state index contributed by atoms with van der Waals surface area (Å²) < 4.78 is 16.0. The van der Waals surface area contributed by atoms with Crippen LogP contribution in [0.25, 0.3) is 5.69 Å². The van der Waals surface area contributed by atoms with Crippen molar-refractivity contribution in [2.45, 2.75) is 13.3 Å². The highest BCUT2D eigenvalue weighted by Gasteiger charge is 2.35. The molecule has 0 unspecified atom stereocenters. The minimum atomic E-state index is -0.555. The summed E-state index contributed by atoms with van der Waals surface area (Å²) in [4.78, 5) is 38.3. The van der Waals surface area contributed by atoms with Gasteiger partial charge in [0.05, 0.1) is 11.1 Å². The summed E-state index contributed by atoms with van der Waals surface area (Å²) in [7, 11) is 0. The first-order valence-electron chi connectivity index (χ1n) is 8.85. The van der Waals surface area contributed by atoms with E-state index >= 15 is 0 Å². The topological polar surface area (TPSA) is 110 Å². The first-order valence-corrected chi connectivity index (χ1v) is 9.65. The van der Waals surface area contributed by atoms with E-state index in [-0.39, 0.29) is 18.7 Å². The summed E-state index contributed by atoms with van der Waals surface area (Å²) in [5.41, 5.74) is 1.03. The molecule has 1 aliphatic heterocycles. The van der Waals surface area contributed by atoms with Crippen molar-refractivity contribution in [2.75, 3.05) is 11.9 Å². The first kappa shape index (κ1) is 19.8. The Bertz CT molecular complexity index is 1190. The van der Waals surface area contributed by atoms with Crippen LogP contribution in [0, 0.1) is 12.7 Å². The zero-order chi connectivity index (χ0) is 21.4. The van der Waals surface area contributed by atoms with E-state index in [1.807, 2.05) is 0 Å². The highest BCUT2D eigenvalue weighted by Crippen LogP contribution is 2.26. The molecule has 1 aromatic heterocycles. The van der Waals surface area contributed by atoms with Gasteiger partial charge in [-0.25, -0.2) is 4.39 Å². The van der Waals surface area contributed by atoms with Gasteiger partial charge in [-0.1, -0.05) is 15.9 Å². The van der Waals surface area contributed by atoms with Crippen molar-refractivity contribution in [1.29, 1.82) is 0 Å². The lowest BCUT2D eigenvalue weighted by Gasteiger charge is -2.14. The molecule has 30 heavy (non-hydrogen) atoms. The lowest BCUT2D eigenvalue weighted by atomic mass is 10.1. The Hall–Kier alpha value is -3.47. The number of imide groups is 1. The van der Waals surface area contributed by atoms with Crippen molar-refractivity contribution < 1.29 is 18.8 Å². The maximum Gasteiger partial charge on any atom is 0.261 e. The molecule has 2 aromatic carbocycles. The van der Waals surface area contributed by atoms with Crippen molar-refractivity contribution >= 4 is 39.3 Å². The van der Waals surface area contributed by atoms with Gasteiger partial charge in [0.15, 0.2) is 5.82 Å². The predicted octanol–water partition coefficient (Wildman–Crippen LogP) is 2.50.